The quantitative estimate of drug-likeness (QED) is 0.193. The zero-order valence-electron chi connectivity index (χ0n) is 14.9. The van der Waals surface area contributed by atoms with Crippen molar-refractivity contribution in [3.05, 3.63) is 24.3 Å². The molecular weight excluding hydrogens is 304 g/mol. The maximum atomic E-state index is 11.0. The average Bonchev–Trinajstić information content (AvgIpc) is 2.54. The smallest absolute Gasteiger partial charge is 0.306 e. The molecule has 2 nitrogen and oxygen atoms in total. The van der Waals surface area contributed by atoms with Crippen molar-refractivity contribution in [3.8, 4) is 0 Å². The molecule has 0 aliphatic carbocycles. The van der Waals surface area contributed by atoms with Gasteiger partial charge in [0.1, 0.15) is 0 Å². The second-order valence-electron chi connectivity index (χ2n) is 6.21. The standard InChI is InChI=1S/C20H36O2S/c1-2-3-4-5-6-7-8-9-10-11-12-13-14-15-16-19(17-18-23)20(21)22/h6-7,9-10,19,23H,2-5,8,11-18H2,1H3,(H,21,22). The molecular formula is C20H36O2S. The molecule has 1 atom stereocenters. The molecule has 1 N–H and O–H groups in total. The Kier molecular flexibility index (Phi) is 17.1. The number of thiol groups is 1. The van der Waals surface area contributed by atoms with Gasteiger partial charge in [-0.15, -0.1) is 0 Å². The van der Waals surface area contributed by atoms with Gasteiger partial charge in [-0.2, -0.15) is 12.6 Å². The monoisotopic (exact) mass is 340 g/mol. The number of hydrogen-bond acceptors (Lipinski definition) is 2. The highest BCUT2D eigenvalue weighted by Gasteiger charge is 2.15. The number of carboxylic acids is 1. The molecule has 0 heterocycles. The largest absolute Gasteiger partial charge is 0.481 e. The summed E-state index contributed by atoms with van der Waals surface area (Å²) < 4.78 is 0. The van der Waals surface area contributed by atoms with Crippen molar-refractivity contribution < 1.29 is 9.90 Å². The van der Waals surface area contributed by atoms with E-state index >= 15 is 0 Å². The van der Waals surface area contributed by atoms with Crippen LogP contribution in [0.15, 0.2) is 24.3 Å². The first kappa shape index (κ1) is 22.3. The van der Waals surface area contributed by atoms with Crippen molar-refractivity contribution in [3.63, 3.8) is 0 Å². The number of rotatable bonds is 16. The van der Waals surface area contributed by atoms with Crippen LogP contribution in [0.4, 0.5) is 0 Å². The van der Waals surface area contributed by atoms with Crippen LogP contribution in [0.3, 0.4) is 0 Å². The summed E-state index contributed by atoms with van der Waals surface area (Å²) in [6.45, 7) is 2.24. The second-order valence-corrected chi connectivity index (χ2v) is 6.66. The Labute approximate surface area is 148 Å². The summed E-state index contributed by atoms with van der Waals surface area (Å²) in [6.07, 6.45) is 22.5. The minimum absolute atomic E-state index is 0.198. The van der Waals surface area contributed by atoms with Crippen molar-refractivity contribution in [2.45, 2.75) is 84.0 Å². The third kappa shape index (κ3) is 16.0. The summed E-state index contributed by atoms with van der Waals surface area (Å²) in [4.78, 5) is 11.0. The molecule has 0 bridgehead atoms. The predicted octanol–water partition coefficient (Wildman–Crippen LogP) is 6.43. The van der Waals surface area contributed by atoms with Gasteiger partial charge in [-0.3, -0.25) is 4.79 Å². The summed E-state index contributed by atoms with van der Waals surface area (Å²) in [5.74, 6) is -0.198. The highest BCUT2D eigenvalue weighted by atomic mass is 32.1. The molecule has 0 aromatic carbocycles. The molecule has 0 aromatic heterocycles. The van der Waals surface area contributed by atoms with E-state index in [-0.39, 0.29) is 5.92 Å². The third-order valence-corrected chi connectivity index (χ3v) is 4.34. The summed E-state index contributed by atoms with van der Waals surface area (Å²) in [5.41, 5.74) is 0. The topological polar surface area (TPSA) is 37.3 Å². The van der Waals surface area contributed by atoms with Crippen LogP contribution in [0.2, 0.25) is 0 Å². The molecule has 0 rings (SSSR count). The van der Waals surface area contributed by atoms with Gasteiger partial charge in [0.05, 0.1) is 5.92 Å². The lowest BCUT2D eigenvalue weighted by atomic mass is 9.98. The Morgan fingerprint density at radius 1 is 0.913 bits per heavy atom. The fourth-order valence-electron chi connectivity index (χ4n) is 2.57. The van der Waals surface area contributed by atoms with Crippen molar-refractivity contribution in [1.29, 1.82) is 0 Å². The molecule has 3 heteroatoms. The van der Waals surface area contributed by atoms with Crippen LogP contribution < -0.4 is 0 Å². The van der Waals surface area contributed by atoms with E-state index in [1.54, 1.807) is 0 Å². The van der Waals surface area contributed by atoms with E-state index in [2.05, 4.69) is 43.9 Å². The number of carboxylic acid groups (broad SMARTS) is 1. The van der Waals surface area contributed by atoms with Crippen molar-refractivity contribution in [2.75, 3.05) is 5.75 Å². The van der Waals surface area contributed by atoms with Gasteiger partial charge in [-0.1, -0.05) is 63.3 Å². The predicted molar refractivity (Wildman–Crippen MR) is 104 cm³/mol. The van der Waals surface area contributed by atoms with E-state index in [4.69, 9.17) is 5.11 Å². The lowest BCUT2D eigenvalue weighted by molar-refractivity contribution is -0.142. The van der Waals surface area contributed by atoms with Crippen LogP contribution in [0, 0.1) is 5.92 Å². The Balaban J connectivity index is 3.41. The number of unbranched alkanes of at least 4 members (excludes halogenated alkanes) is 7. The zero-order chi connectivity index (χ0) is 17.2. The van der Waals surface area contributed by atoms with E-state index in [1.165, 1.54) is 38.5 Å². The first-order valence-corrected chi connectivity index (χ1v) is 9.99. The molecule has 0 radical (unpaired) electrons. The van der Waals surface area contributed by atoms with Gasteiger partial charge < -0.3 is 5.11 Å². The Morgan fingerprint density at radius 2 is 1.52 bits per heavy atom. The number of aliphatic carboxylic acids is 1. The van der Waals surface area contributed by atoms with Crippen LogP contribution in [0.5, 0.6) is 0 Å². The molecule has 0 amide bonds. The summed E-state index contributed by atoms with van der Waals surface area (Å²) in [6, 6.07) is 0. The molecule has 1 unspecified atom stereocenters. The molecule has 134 valence electrons. The Bertz CT molecular complexity index is 324. The molecule has 0 aliphatic rings. The number of allylic oxidation sites excluding steroid dienone is 4. The molecule has 0 aromatic rings. The zero-order valence-corrected chi connectivity index (χ0v) is 15.8. The molecule has 0 spiro atoms. The minimum atomic E-state index is -0.662. The average molecular weight is 341 g/mol. The van der Waals surface area contributed by atoms with Crippen molar-refractivity contribution in [2.24, 2.45) is 5.92 Å². The van der Waals surface area contributed by atoms with E-state index in [0.717, 1.165) is 32.1 Å². The van der Waals surface area contributed by atoms with E-state index in [0.29, 0.717) is 12.2 Å². The van der Waals surface area contributed by atoms with Crippen molar-refractivity contribution in [1.82, 2.24) is 0 Å². The van der Waals surface area contributed by atoms with Crippen LogP contribution in [0.25, 0.3) is 0 Å². The maximum absolute atomic E-state index is 11.0. The van der Waals surface area contributed by atoms with E-state index in [1.807, 2.05) is 0 Å². The lowest BCUT2D eigenvalue weighted by Crippen LogP contribution is -2.14. The van der Waals surface area contributed by atoms with Gasteiger partial charge in [-0.05, 0) is 50.7 Å². The first-order valence-electron chi connectivity index (χ1n) is 9.36. The maximum Gasteiger partial charge on any atom is 0.306 e. The molecule has 0 fully saturated rings. The van der Waals surface area contributed by atoms with E-state index in [9.17, 15) is 4.79 Å². The number of hydrogen-bond donors (Lipinski definition) is 2. The van der Waals surface area contributed by atoms with Gasteiger partial charge in [0.25, 0.3) is 0 Å². The van der Waals surface area contributed by atoms with Crippen LogP contribution in [-0.2, 0) is 4.79 Å². The summed E-state index contributed by atoms with van der Waals surface area (Å²) in [7, 11) is 0. The van der Waals surface area contributed by atoms with Crippen LogP contribution in [-0.4, -0.2) is 16.8 Å². The van der Waals surface area contributed by atoms with Crippen LogP contribution in [0.1, 0.15) is 84.0 Å². The van der Waals surface area contributed by atoms with Gasteiger partial charge in [-0.25, -0.2) is 0 Å². The van der Waals surface area contributed by atoms with Gasteiger partial charge in [0.15, 0.2) is 0 Å². The fourth-order valence-corrected chi connectivity index (χ4v) is 2.88. The first-order chi connectivity index (χ1) is 11.2. The molecule has 23 heavy (non-hydrogen) atoms. The SMILES string of the molecule is CCCCCC=CCC=CCCCCCCC(CCS)C(=O)O. The van der Waals surface area contributed by atoms with Gasteiger partial charge >= 0.3 is 5.97 Å². The van der Waals surface area contributed by atoms with Crippen molar-refractivity contribution >= 4 is 18.6 Å². The second kappa shape index (κ2) is 17.7. The Morgan fingerprint density at radius 3 is 2.09 bits per heavy atom. The molecule has 0 saturated heterocycles. The molecule has 0 saturated carbocycles. The third-order valence-electron chi connectivity index (χ3n) is 4.08. The summed E-state index contributed by atoms with van der Waals surface area (Å²) in [5, 5.41) is 9.06. The highest BCUT2D eigenvalue weighted by molar-refractivity contribution is 7.80. The van der Waals surface area contributed by atoms with E-state index < -0.39 is 5.97 Å². The highest BCUT2D eigenvalue weighted by Crippen LogP contribution is 2.16. The fraction of sp³-hybridized carbons (Fsp3) is 0.750. The Hall–Kier alpha value is -0.700. The lowest BCUT2D eigenvalue weighted by Gasteiger charge is -2.10. The van der Waals surface area contributed by atoms with Crippen LogP contribution >= 0.6 is 12.6 Å². The van der Waals surface area contributed by atoms with Gasteiger partial charge in [0, 0.05) is 0 Å². The minimum Gasteiger partial charge on any atom is -0.481 e. The van der Waals surface area contributed by atoms with Gasteiger partial charge in [0.2, 0.25) is 0 Å². The number of carbonyl (C=O) groups is 1. The normalized spacial score (nSPS) is 13.1. The molecule has 0 aliphatic heterocycles. The summed E-state index contributed by atoms with van der Waals surface area (Å²) >= 11 is 4.13.